The highest BCUT2D eigenvalue weighted by atomic mass is 32.2. The fraction of sp³-hybridized carbons (Fsp3) is 0.571. The van der Waals surface area contributed by atoms with Gasteiger partial charge in [0.1, 0.15) is 0 Å². The molecular weight excluding hydrogens is 216 g/mol. The number of ether oxygens (including phenoxy) is 1. The van der Waals surface area contributed by atoms with Crippen molar-refractivity contribution in [1.29, 1.82) is 0 Å². The maximum Gasteiger partial charge on any atom is 0.0697 e. The van der Waals surface area contributed by atoms with E-state index in [2.05, 4.69) is 37.3 Å². The Kier molecular flexibility index (Phi) is 4.73. The minimum Gasteiger partial charge on any atom is -0.377 e. The van der Waals surface area contributed by atoms with Crippen molar-refractivity contribution >= 4 is 11.8 Å². The van der Waals surface area contributed by atoms with E-state index in [1.54, 1.807) is 0 Å². The Labute approximate surface area is 103 Å². The van der Waals surface area contributed by atoms with E-state index in [0.717, 1.165) is 6.61 Å². The van der Waals surface area contributed by atoms with Gasteiger partial charge in [0.05, 0.1) is 6.10 Å². The van der Waals surface area contributed by atoms with Gasteiger partial charge in [-0.1, -0.05) is 31.0 Å². The van der Waals surface area contributed by atoms with Gasteiger partial charge in [-0.3, -0.25) is 0 Å². The molecule has 0 aromatic heterocycles. The molecule has 0 heterocycles. The highest BCUT2D eigenvalue weighted by molar-refractivity contribution is 8.00. The average Bonchev–Trinajstić information content (AvgIpc) is 2.33. The summed E-state index contributed by atoms with van der Waals surface area (Å²) in [5.41, 5.74) is 0. The monoisotopic (exact) mass is 236 g/mol. The van der Waals surface area contributed by atoms with E-state index in [0.29, 0.717) is 11.4 Å². The molecule has 16 heavy (non-hydrogen) atoms. The Morgan fingerprint density at radius 3 is 2.69 bits per heavy atom. The third kappa shape index (κ3) is 3.26. The zero-order valence-corrected chi connectivity index (χ0v) is 10.7. The maximum absolute atomic E-state index is 5.85. The van der Waals surface area contributed by atoms with Crippen molar-refractivity contribution < 1.29 is 4.74 Å². The second-order valence-electron chi connectivity index (χ2n) is 4.25. The third-order valence-corrected chi connectivity index (χ3v) is 4.44. The maximum atomic E-state index is 5.85. The van der Waals surface area contributed by atoms with Crippen molar-refractivity contribution in [1.82, 2.24) is 0 Å². The normalized spacial score (nSPS) is 25.6. The molecule has 0 N–H and O–H groups in total. The van der Waals surface area contributed by atoms with Gasteiger partial charge in [0, 0.05) is 16.8 Å². The molecule has 1 aromatic carbocycles. The van der Waals surface area contributed by atoms with Crippen LogP contribution >= 0.6 is 11.8 Å². The van der Waals surface area contributed by atoms with Crippen LogP contribution < -0.4 is 0 Å². The topological polar surface area (TPSA) is 9.23 Å². The van der Waals surface area contributed by atoms with Crippen molar-refractivity contribution in [2.45, 2.75) is 48.9 Å². The molecule has 2 atom stereocenters. The summed E-state index contributed by atoms with van der Waals surface area (Å²) in [7, 11) is 0. The predicted molar refractivity (Wildman–Crippen MR) is 70.0 cm³/mol. The lowest BCUT2D eigenvalue weighted by Gasteiger charge is -2.30. The summed E-state index contributed by atoms with van der Waals surface area (Å²) in [5, 5.41) is 0.649. The minimum atomic E-state index is 0.462. The molecule has 2 heteroatoms. The van der Waals surface area contributed by atoms with E-state index in [-0.39, 0.29) is 0 Å². The molecule has 1 aromatic rings. The van der Waals surface area contributed by atoms with Crippen LogP contribution in [0.15, 0.2) is 35.2 Å². The van der Waals surface area contributed by atoms with Crippen LogP contribution in [-0.2, 0) is 4.74 Å². The Morgan fingerprint density at radius 2 is 1.94 bits per heavy atom. The molecule has 1 aliphatic rings. The van der Waals surface area contributed by atoms with Crippen LogP contribution in [0.1, 0.15) is 32.6 Å². The van der Waals surface area contributed by atoms with E-state index in [9.17, 15) is 0 Å². The summed E-state index contributed by atoms with van der Waals surface area (Å²) in [5.74, 6) is 0. The van der Waals surface area contributed by atoms with Gasteiger partial charge in [0.15, 0.2) is 0 Å². The molecule has 0 unspecified atom stereocenters. The van der Waals surface area contributed by atoms with Crippen molar-refractivity contribution in [2.75, 3.05) is 6.61 Å². The van der Waals surface area contributed by atoms with E-state index in [4.69, 9.17) is 4.74 Å². The van der Waals surface area contributed by atoms with Crippen LogP contribution in [0.2, 0.25) is 0 Å². The number of thioether (sulfide) groups is 1. The third-order valence-electron chi connectivity index (χ3n) is 3.05. The van der Waals surface area contributed by atoms with E-state index in [1.807, 2.05) is 11.8 Å². The van der Waals surface area contributed by atoms with Crippen molar-refractivity contribution in [2.24, 2.45) is 0 Å². The molecule has 0 amide bonds. The fourth-order valence-electron chi connectivity index (χ4n) is 2.28. The van der Waals surface area contributed by atoms with E-state index < -0.39 is 0 Å². The number of rotatable bonds is 4. The standard InChI is InChI=1S/C14H20OS/c1-2-15-13-10-6-7-11-14(13)16-12-8-4-3-5-9-12/h3-5,8-9,13-14H,2,6-7,10-11H2,1H3/t13-,14-/m1/s1. The van der Waals surface area contributed by atoms with Crippen LogP contribution in [0.5, 0.6) is 0 Å². The SMILES string of the molecule is CCO[C@@H]1CCCC[C@H]1Sc1ccccc1. The Bertz CT molecular complexity index is 297. The first-order valence-corrected chi connectivity index (χ1v) is 7.11. The van der Waals surface area contributed by atoms with Crippen molar-refractivity contribution in [3.63, 3.8) is 0 Å². The van der Waals surface area contributed by atoms with Crippen LogP contribution in [0, 0.1) is 0 Å². The lowest BCUT2D eigenvalue weighted by molar-refractivity contribution is 0.0415. The Hall–Kier alpha value is -0.470. The highest BCUT2D eigenvalue weighted by Gasteiger charge is 2.26. The first-order chi connectivity index (χ1) is 7.90. The van der Waals surface area contributed by atoms with Crippen LogP contribution in [0.4, 0.5) is 0 Å². The molecule has 1 nitrogen and oxygen atoms in total. The van der Waals surface area contributed by atoms with Gasteiger partial charge < -0.3 is 4.74 Å². The molecule has 0 radical (unpaired) electrons. The summed E-state index contributed by atoms with van der Waals surface area (Å²) >= 11 is 1.99. The molecule has 0 aliphatic heterocycles. The minimum absolute atomic E-state index is 0.462. The quantitative estimate of drug-likeness (QED) is 0.777. The molecule has 2 rings (SSSR count). The Morgan fingerprint density at radius 1 is 1.19 bits per heavy atom. The summed E-state index contributed by atoms with van der Waals surface area (Å²) in [6, 6.07) is 10.7. The zero-order valence-electron chi connectivity index (χ0n) is 9.89. The second kappa shape index (κ2) is 6.31. The molecule has 1 saturated carbocycles. The van der Waals surface area contributed by atoms with Gasteiger partial charge in [0.25, 0.3) is 0 Å². The average molecular weight is 236 g/mol. The van der Waals surface area contributed by atoms with Gasteiger partial charge in [-0.05, 0) is 31.9 Å². The molecule has 88 valence electrons. The highest BCUT2D eigenvalue weighted by Crippen LogP contribution is 2.35. The van der Waals surface area contributed by atoms with Crippen molar-refractivity contribution in [3.8, 4) is 0 Å². The van der Waals surface area contributed by atoms with E-state index >= 15 is 0 Å². The lowest BCUT2D eigenvalue weighted by atomic mass is 9.97. The van der Waals surface area contributed by atoms with Gasteiger partial charge in [-0.2, -0.15) is 0 Å². The number of hydrogen-bond acceptors (Lipinski definition) is 2. The summed E-state index contributed by atoms with van der Waals surface area (Å²) in [6.45, 7) is 2.94. The van der Waals surface area contributed by atoms with Crippen LogP contribution in [-0.4, -0.2) is 18.0 Å². The first-order valence-electron chi connectivity index (χ1n) is 6.23. The fourth-order valence-corrected chi connectivity index (χ4v) is 3.59. The van der Waals surface area contributed by atoms with Gasteiger partial charge in [-0.25, -0.2) is 0 Å². The first kappa shape index (κ1) is 12.0. The summed E-state index contributed by atoms with van der Waals surface area (Å²) in [6.07, 6.45) is 5.68. The van der Waals surface area contributed by atoms with Crippen LogP contribution in [0.3, 0.4) is 0 Å². The van der Waals surface area contributed by atoms with Gasteiger partial charge in [-0.15, -0.1) is 11.8 Å². The van der Waals surface area contributed by atoms with Gasteiger partial charge in [0.2, 0.25) is 0 Å². The summed E-state index contributed by atoms with van der Waals surface area (Å²) < 4.78 is 5.85. The van der Waals surface area contributed by atoms with Crippen LogP contribution in [0.25, 0.3) is 0 Å². The zero-order chi connectivity index (χ0) is 11.2. The molecule has 0 bridgehead atoms. The van der Waals surface area contributed by atoms with Gasteiger partial charge >= 0.3 is 0 Å². The second-order valence-corrected chi connectivity index (χ2v) is 5.56. The summed E-state index contributed by atoms with van der Waals surface area (Å²) in [4.78, 5) is 1.37. The molecule has 0 saturated heterocycles. The molecule has 1 fully saturated rings. The van der Waals surface area contributed by atoms with E-state index in [1.165, 1.54) is 30.6 Å². The number of benzene rings is 1. The smallest absolute Gasteiger partial charge is 0.0697 e. The predicted octanol–water partition coefficient (Wildman–Crippen LogP) is 4.13. The number of hydrogen-bond donors (Lipinski definition) is 0. The largest absolute Gasteiger partial charge is 0.377 e. The molecule has 1 aliphatic carbocycles. The molecule has 0 spiro atoms. The van der Waals surface area contributed by atoms with Crippen molar-refractivity contribution in [3.05, 3.63) is 30.3 Å². The lowest BCUT2D eigenvalue weighted by Crippen LogP contribution is -2.30. The Balaban J connectivity index is 1.96. The molecular formula is C14H20OS.